The fraction of sp³-hybridized carbons (Fsp3) is 0.500. The number of aromatic nitrogens is 4. The van der Waals surface area contributed by atoms with Crippen LogP contribution in [0.25, 0.3) is 0 Å². The van der Waals surface area contributed by atoms with Crippen molar-refractivity contribution in [1.82, 2.24) is 25.5 Å². The summed E-state index contributed by atoms with van der Waals surface area (Å²) in [7, 11) is 0. The van der Waals surface area contributed by atoms with Gasteiger partial charge in [0.05, 0.1) is 0 Å². The van der Waals surface area contributed by atoms with Gasteiger partial charge in [0.2, 0.25) is 5.91 Å². The van der Waals surface area contributed by atoms with Crippen molar-refractivity contribution in [1.29, 1.82) is 0 Å². The minimum absolute atomic E-state index is 0.0377. The van der Waals surface area contributed by atoms with Crippen molar-refractivity contribution in [3.05, 3.63) is 41.5 Å². The van der Waals surface area contributed by atoms with Gasteiger partial charge >= 0.3 is 0 Å². The van der Waals surface area contributed by atoms with Crippen molar-refractivity contribution in [2.24, 2.45) is 11.7 Å². The molecule has 0 radical (unpaired) electrons. The normalized spacial score (nSPS) is 16.6. The summed E-state index contributed by atoms with van der Waals surface area (Å²) in [5, 5.41) is 14.4. The molecule has 1 aliphatic carbocycles. The van der Waals surface area contributed by atoms with Crippen molar-refractivity contribution in [3.8, 4) is 0 Å². The van der Waals surface area contributed by atoms with Crippen LogP contribution in [0.2, 0.25) is 0 Å². The summed E-state index contributed by atoms with van der Waals surface area (Å²) in [6, 6.07) is 5.52. The summed E-state index contributed by atoms with van der Waals surface area (Å²) in [4.78, 5) is 12.8. The molecule has 7 nitrogen and oxygen atoms in total. The number of nitrogens with one attached hydrogen (secondary N) is 1. The quantitative estimate of drug-likeness (QED) is 0.780. The first kappa shape index (κ1) is 16.5. The summed E-state index contributed by atoms with van der Waals surface area (Å²) < 4.78 is 14.9. The van der Waals surface area contributed by atoms with Crippen molar-refractivity contribution >= 4 is 5.91 Å². The molecule has 1 fully saturated rings. The number of amides is 1. The van der Waals surface area contributed by atoms with Gasteiger partial charge in [-0.2, -0.15) is 0 Å². The van der Waals surface area contributed by atoms with Crippen LogP contribution in [-0.4, -0.2) is 38.7 Å². The maximum absolute atomic E-state index is 13.5. The van der Waals surface area contributed by atoms with Crippen molar-refractivity contribution in [2.45, 2.75) is 38.3 Å². The molecule has 0 aliphatic heterocycles. The fourth-order valence-electron chi connectivity index (χ4n) is 2.85. The highest BCUT2D eigenvalue weighted by Crippen LogP contribution is 2.32. The molecule has 1 aliphatic rings. The number of nitrogens with two attached hydrogens (primary N) is 1. The zero-order valence-corrected chi connectivity index (χ0v) is 13.5. The maximum Gasteiger partial charge on any atom is 0.245 e. The summed E-state index contributed by atoms with van der Waals surface area (Å²) in [5.41, 5.74) is 6.48. The van der Waals surface area contributed by atoms with E-state index in [1.54, 1.807) is 19.1 Å². The van der Waals surface area contributed by atoms with Gasteiger partial charge in [0.25, 0.3) is 0 Å². The summed E-state index contributed by atoms with van der Waals surface area (Å²) in [6.45, 7) is 2.13. The first-order chi connectivity index (χ1) is 11.6. The van der Waals surface area contributed by atoms with Gasteiger partial charge in [-0.05, 0) is 53.8 Å². The van der Waals surface area contributed by atoms with Gasteiger partial charge in [-0.15, -0.1) is 5.10 Å². The van der Waals surface area contributed by atoms with Crippen molar-refractivity contribution in [2.75, 3.05) is 6.54 Å². The van der Waals surface area contributed by atoms with Crippen LogP contribution in [0.5, 0.6) is 0 Å². The third-order valence-corrected chi connectivity index (χ3v) is 4.35. The Morgan fingerprint density at radius 1 is 1.50 bits per heavy atom. The first-order valence-electron chi connectivity index (χ1n) is 8.08. The number of carbonyl (C=O) groups excluding carboxylic acids is 1. The van der Waals surface area contributed by atoms with Gasteiger partial charge in [0, 0.05) is 19.0 Å². The van der Waals surface area contributed by atoms with E-state index in [4.69, 9.17) is 5.73 Å². The van der Waals surface area contributed by atoms with Gasteiger partial charge < -0.3 is 11.1 Å². The number of aryl methyl sites for hydroxylation is 1. The predicted octanol–water partition coefficient (Wildman–Crippen LogP) is 0.758. The molecule has 1 aromatic heterocycles. The molecule has 1 saturated carbocycles. The van der Waals surface area contributed by atoms with Crippen LogP contribution in [0.1, 0.15) is 30.3 Å². The Hall–Kier alpha value is -2.35. The topological polar surface area (TPSA) is 98.7 Å². The molecule has 1 heterocycles. The molecule has 3 N–H and O–H groups in total. The molecule has 2 unspecified atom stereocenters. The minimum atomic E-state index is -0.644. The number of halogens is 1. The Morgan fingerprint density at radius 3 is 2.88 bits per heavy atom. The van der Waals surface area contributed by atoms with E-state index in [1.807, 2.05) is 0 Å². The molecule has 2 atom stereocenters. The SMILES string of the molecule is Cc1nnnn1C(Cc1cccc(F)c1)C(=O)NC(CN)C1CC1. The second kappa shape index (κ2) is 7.04. The molecular weight excluding hydrogens is 311 g/mol. The summed E-state index contributed by atoms with van der Waals surface area (Å²) in [6.07, 6.45) is 2.47. The maximum atomic E-state index is 13.5. The van der Waals surface area contributed by atoms with Crippen LogP contribution in [0.4, 0.5) is 4.39 Å². The van der Waals surface area contributed by atoms with E-state index in [0.717, 1.165) is 12.8 Å². The van der Waals surface area contributed by atoms with Crippen molar-refractivity contribution in [3.63, 3.8) is 0 Å². The Labute approximate surface area is 139 Å². The van der Waals surface area contributed by atoms with E-state index in [-0.39, 0.29) is 17.8 Å². The molecule has 0 saturated heterocycles. The van der Waals surface area contributed by atoms with E-state index in [1.165, 1.54) is 16.8 Å². The van der Waals surface area contributed by atoms with E-state index in [9.17, 15) is 9.18 Å². The lowest BCUT2D eigenvalue weighted by Crippen LogP contribution is -2.45. The van der Waals surface area contributed by atoms with Crippen LogP contribution in [0.3, 0.4) is 0 Å². The molecule has 1 aromatic carbocycles. The Kier molecular flexibility index (Phi) is 4.84. The molecule has 2 aromatic rings. The number of hydrogen-bond donors (Lipinski definition) is 2. The summed E-state index contributed by atoms with van der Waals surface area (Å²) >= 11 is 0. The number of benzene rings is 1. The van der Waals surface area contributed by atoms with Crippen LogP contribution >= 0.6 is 0 Å². The van der Waals surface area contributed by atoms with Gasteiger partial charge in [0.1, 0.15) is 17.7 Å². The molecule has 24 heavy (non-hydrogen) atoms. The number of hydrogen-bond acceptors (Lipinski definition) is 5. The zero-order valence-electron chi connectivity index (χ0n) is 13.5. The summed E-state index contributed by atoms with van der Waals surface area (Å²) in [5.74, 6) is 0.445. The molecule has 0 bridgehead atoms. The third-order valence-electron chi connectivity index (χ3n) is 4.35. The molecule has 1 amide bonds. The molecule has 3 rings (SSSR count). The van der Waals surface area contributed by atoms with Crippen molar-refractivity contribution < 1.29 is 9.18 Å². The first-order valence-corrected chi connectivity index (χ1v) is 8.08. The number of rotatable bonds is 7. The Bertz CT molecular complexity index is 714. The minimum Gasteiger partial charge on any atom is -0.350 e. The standard InChI is InChI=1S/C16H21FN6O/c1-10-20-21-22-23(10)15(8-11-3-2-4-13(17)7-11)16(24)19-14(9-18)12-5-6-12/h2-4,7,12,14-15H,5-6,8-9,18H2,1H3,(H,19,24). The van der Waals surface area contributed by atoms with Gasteiger partial charge in [-0.25, -0.2) is 9.07 Å². The monoisotopic (exact) mass is 332 g/mol. The second-order valence-electron chi connectivity index (χ2n) is 6.21. The zero-order chi connectivity index (χ0) is 17.1. The second-order valence-corrected chi connectivity index (χ2v) is 6.21. The lowest BCUT2D eigenvalue weighted by atomic mass is 10.0. The van der Waals surface area contributed by atoms with Gasteiger partial charge in [-0.3, -0.25) is 4.79 Å². The van der Waals surface area contributed by atoms with E-state index >= 15 is 0 Å². The van der Waals surface area contributed by atoms with Crippen LogP contribution in [0.15, 0.2) is 24.3 Å². The molecule has 0 spiro atoms. The average molecular weight is 332 g/mol. The largest absolute Gasteiger partial charge is 0.350 e. The highest BCUT2D eigenvalue weighted by Gasteiger charge is 2.34. The molecule has 128 valence electrons. The van der Waals surface area contributed by atoms with Gasteiger partial charge in [0.15, 0.2) is 0 Å². The lowest BCUT2D eigenvalue weighted by molar-refractivity contribution is -0.125. The average Bonchev–Trinajstić information content (AvgIpc) is 3.32. The van der Waals surface area contributed by atoms with Gasteiger partial charge in [-0.1, -0.05) is 12.1 Å². The number of tetrazole rings is 1. The van der Waals surface area contributed by atoms with E-state index < -0.39 is 6.04 Å². The van der Waals surface area contributed by atoms with Crippen LogP contribution in [0, 0.1) is 18.7 Å². The molecule has 8 heteroatoms. The molecular formula is C16H21FN6O. The number of carbonyl (C=O) groups is 1. The smallest absolute Gasteiger partial charge is 0.245 e. The third kappa shape index (κ3) is 3.76. The van der Waals surface area contributed by atoms with Crippen LogP contribution < -0.4 is 11.1 Å². The lowest BCUT2D eigenvalue weighted by Gasteiger charge is -2.22. The number of nitrogens with zero attached hydrogens (tertiary/aromatic N) is 4. The van der Waals surface area contributed by atoms with Crippen LogP contribution in [-0.2, 0) is 11.2 Å². The van der Waals surface area contributed by atoms with E-state index in [2.05, 4.69) is 20.8 Å². The Morgan fingerprint density at radius 2 is 2.29 bits per heavy atom. The van der Waals surface area contributed by atoms with E-state index in [0.29, 0.717) is 30.3 Å². The highest BCUT2D eigenvalue weighted by atomic mass is 19.1. The fourth-order valence-corrected chi connectivity index (χ4v) is 2.85. The Balaban J connectivity index is 1.81. The predicted molar refractivity (Wildman–Crippen MR) is 85.4 cm³/mol. The highest BCUT2D eigenvalue weighted by molar-refractivity contribution is 5.81.